The van der Waals surface area contributed by atoms with Crippen LogP contribution in [0, 0.1) is 0 Å². The first kappa shape index (κ1) is 14.0. The van der Waals surface area contributed by atoms with Gasteiger partial charge in [-0.2, -0.15) is 0 Å². The SMILES string of the molecule is C=C(CO[C@@H](C)c1ccccc1)O[Si](C)(C)C. The number of benzene rings is 1. The standard InChI is InChI=1S/C14H22O2Si/c1-12(16-17(3,4)5)11-15-13(2)14-9-7-6-8-10-14/h6-10,13H,1,11H2,2-5H3/t13-/m0/s1. The Kier molecular flexibility index (Phi) is 4.96. The van der Waals surface area contributed by atoms with Crippen molar-refractivity contribution in [2.24, 2.45) is 0 Å². The topological polar surface area (TPSA) is 18.5 Å². The Morgan fingerprint density at radius 2 is 1.82 bits per heavy atom. The fraction of sp³-hybridized carbons (Fsp3) is 0.429. The van der Waals surface area contributed by atoms with E-state index in [0.29, 0.717) is 6.61 Å². The summed E-state index contributed by atoms with van der Waals surface area (Å²) in [5, 5.41) is 0. The molecular formula is C14H22O2Si. The molecule has 1 aromatic carbocycles. The van der Waals surface area contributed by atoms with Crippen LogP contribution in [-0.4, -0.2) is 14.9 Å². The van der Waals surface area contributed by atoms with Gasteiger partial charge in [0.2, 0.25) is 8.32 Å². The maximum atomic E-state index is 5.74. The van der Waals surface area contributed by atoms with Gasteiger partial charge in [0.1, 0.15) is 6.61 Å². The van der Waals surface area contributed by atoms with E-state index in [0.717, 1.165) is 5.76 Å². The third-order valence-corrected chi connectivity index (χ3v) is 3.11. The molecule has 94 valence electrons. The lowest BCUT2D eigenvalue weighted by molar-refractivity contribution is 0.0669. The number of hydrogen-bond acceptors (Lipinski definition) is 2. The molecule has 0 fully saturated rings. The van der Waals surface area contributed by atoms with Crippen LogP contribution in [0.4, 0.5) is 0 Å². The molecule has 2 nitrogen and oxygen atoms in total. The van der Waals surface area contributed by atoms with Gasteiger partial charge in [-0.1, -0.05) is 36.9 Å². The van der Waals surface area contributed by atoms with Crippen LogP contribution < -0.4 is 0 Å². The third kappa shape index (κ3) is 5.70. The molecule has 3 heteroatoms. The quantitative estimate of drug-likeness (QED) is 0.558. The second-order valence-corrected chi connectivity index (χ2v) is 9.55. The number of hydrogen-bond donors (Lipinski definition) is 0. The van der Waals surface area contributed by atoms with Gasteiger partial charge in [0.05, 0.1) is 11.9 Å². The average Bonchev–Trinajstić information content (AvgIpc) is 2.25. The molecule has 0 radical (unpaired) electrons. The van der Waals surface area contributed by atoms with Crippen molar-refractivity contribution >= 4 is 8.32 Å². The molecule has 17 heavy (non-hydrogen) atoms. The first-order chi connectivity index (χ1) is 7.88. The van der Waals surface area contributed by atoms with Gasteiger partial charge in [-0.3, -0.25) is 0 Å². The van der Waals surface area contributed by atoms with Crippen LogP contribution >= 0.6 is 0 Å². The predicted molar refractivity (Wildman–Crippen MR) is 74.4 cm³/mol. The van der Waals surface area contributed by atoms with E-state index >= 15 is 0 Å². The van der Waals surface area contributed by atoms with Crippen molar-refractivity contribution < 1.29 is 9.16 Å². The normalized spacial score (nSPS) is 13.2. The van der Waals surface area contributed by atoms with Gasteiger partial charge >= 0.3 is 0 Å². The first-order valence-electron chi connectivity index (χ1n) is 5.92. The van der Waals surface area contributed by atoms with Crippen LogP contribution in [0.25, 0.3) is 0 Å². The van der Waals surface area contributed by atoms with E-state index in [-0.39, 0.29) is 6.10 Å². The van der Waals surface area contributed by atoms with Crippen LogP contribution in [-0.2, 0) is 9.16 Å². The summed E-state index contributed by atoms with van der Waals surface area (Å²) < 4.78 is 11.5. The zero-order valence-electron chi connectivity index (χ0n) is 11.2. The molecule has 0 N–H and O–H groups in total. The van der Waals surface area contributed by atoms with E-state index in [2.05, 4.69) is 38.4 Å². The minimum atomic E-state index is -1.55. The van der Waals surface area contributed by atoms with Crippen LogP contribution in [0.5, 0.6) is 0 Å². The van der Waals surface area contributed by atoms with Crippen LogP contribution in [0.15, 0.2) is 42.7 Å². The van der Waals surface area contributed by atoms with Gasteiger partial charge in [0.15, 0.2) is 0 Å². The fourth-order valence-electron chi connectivity index (χ4n) is 1.50. The van der Waals surface area contributed by atoms with E-state index in [1.807, 2.05) is 25.1 Å². The van der Waals surface area contributed by atoms with E-state index in [9.17, 15) is 0 Å². The summed E-state index contributed by atoms with van der Waals surface area (Å²) in [5.41, 5.74) is 1.17. The maximum Gasteiger partial charge on any atom is 0.241 e. The summed E-state index contributed by atoms with van der Waals surface area (Å²) in [4.78, 5) is 0. The molecule has 0 spiro atoms. The molecule has 0 aliphatic carbocycles. The summed E-state index contributed by atoms with van der Waals surface area (Å²) in [7, 11) is -1.55. The summed E-state index contributed by atoms with van der Waals surface area (Å²) in [6.45, 7) is 12.8. The molecule has 0 aliphatic heterocycles. The van der Waals surface area contributed by atoms with Crippen molar-refractivity contribution in [3.8, 4) is 0 Å². The molecule has 1 atom stereocenters. The number of rotatable bonds is 6. The molecule has 0 amide bonds. The average molecular weight is 250 g/mol. The maximum absolute atomic E-state index is 5.74. The first-order valence-corrected chi connectivity index (χ1v) is 9.32. The highest BCUT2D eigenvalue weighted by molar-refractivity contribution is 6.70. The van der Waals surface area contributed by atoms with Gasteiger partial charge in [-0.25, -0.2) is 0 Å². The minimum Gasteiger partial charge on any atom is -0.546 e. The van der Waals surface area contributed by atoms with Gasteiger partial charge in [0, 0.05) is 0 Å². The highest BCUT2D eigenvalue weighted by Gasteiger charge is 2.17. The summed E-state index contributed by atoms with van der Waals surface area (Å²) in [6.07, 6.45) is 0.0678. The van der Waals surface area contributed by atoms with E-state index in [1.165, 1.54) is 5.56 Å². The number of ether oxygens (including phenoxy) is 1. The third-order valence-electron chi connectivity index (χ3n) is 2.21. The van der Waals surface area contributed by atoms with Gasteiger partial charge in [0.25, 0.3) is 0 Å². The Labute approximate surface area is 105 Å². The van der Waals surface area contributed by atoms with Crippen molar-refractivity contribution in [2.75, 3.05) is 6.61 Å². The van der Waals surface area contributed by atoms with E-state index in [1.54, 1.807) is 0 Å². The summed E-state index contributed by atoms with van der Waals surface area (Å²) in [5.74, 6) is 0.729. The van der Waals surface area contributed by atoms with E-state index < -0.39 is 8.32 Å². The predicted octanol–water partition coefficient (Wildman–Crippen LogP) is 4.13. The summed E-state index contributed by atoms with van der Waals surface area (Å²) >= 11 is 0. The molecule has 0 unspecified atom stereocenters. The lowest BCUT2D eigenvalue weighted by Crippen LogP contribution is -2.26. The van der Waals surface area contributed by atoms with Crippen LogP contribution in [0.2, 0.25) is 19.6 Å². The van der Waals surface area contributed by atoms with Crippen LogP contribution in [0.3, 0.4) is 0 Å². The Balaban J connectivity index is 2.39. The molecule has 0 aromatic heterocycles. The Morgan fingerprint density at radius 1 is 1.24 bits per heavy atom. The van der Waals surface area contributed by atoms with Gasteiger partial charge < -0.3 is 9.16 Å². The van der Waals surface area contributed by atoms with Gasteiger partial charge in [-0.15, -0.1) is 0 Å². The molecule has 0 bridgehead atoms. The molecule has 0 saturated carbocycles. The van der Waals surface area contributed by atoms with Crippen molar-refractivity contribution in [3.05, 3.63) is 48.2 Å². The van der Waals surface area contributed by atoms with Crippen LogP contribution in [0.1, 0.15) is 18.6 Å². The highest BCUT2D eigenvalue weighted by Crippen LogP contribution is 2.18. The zero-order chi connectivity index (χ0) is 12.9. The highest BCUT2D eigenvalue weighted by atomic mass is 28.4. The molecular weight excluding hydrogens is 228 g/mol. The zero-order valence-corrected chi connectivity index (χ0v) is 12.2. The smallest absolute Gasteiger partial charge is 0.241 e. The molecule has 1 rings (SSSR count). The Bertz CT molecular complexity index is 354. The van der Waals surface area contributed by atoms with Crippen molar-refractivity contribution in [2.45, 2.75) is 32.7 Å². The Hall–Kier alpha value is -1.06. The van der Waals surface area contributed by atoms with Crippen molar-refractivity contribution in [1.29, 1.82) is 0 Å². The largest absolute Gasteiger partial charge is 0.546 e. The lowest BCUT2D eigenvalue weighted by atomic mass is 10.1. The van der Waals surface area contributed by atoms with Gasteiger partial charge in [-0.05, 0) is 32.1 Å². The summed E-state index contributed by atoms with van der Waals surface area (Å²) in [6, 6.07) is 10.2. The Morgan fingerprint density at radius 3 is 2.35 bits per heavy atom. The fourth-order valence-corrected chi connectivity index (χ4v) is 2.43. The second kappa shape index (κ2) is 6.03. The second-order valence-electron chi connectivity index (χ2n) is 5.12. The molecule has 0 saturated heterocycles. The minimum absolute atomic E-state index is 0.0678. The van der Waals surface area contributed by atoms with Crippen molar-refractivity contribution in [3.63, 3.8) is 0 Å². The lowest BCUT2D eigenvalue weighted by Gasteiger charge is -2.22. The molecule has 0 heterocycles. The monoisotopic (exact) mass is 250 g/mol. The van der Waals surface area contributed by atoms with E-state index in [4.69, 9.17) is 9.16 Å². The molecule has 0 aliphatic rings. The molecule has 1 aromatic rings. The van der Waals surface area contributed by atoms with Crippen molar-refractivity contribution in [1.82, 2.24) is 0 Å².